The second kappa shape index (κ2) is 9.37. The summed E-state index contributed by atoms with van der Waals surface area (Å²) in [5.74, 6) is 3.99. The van der Waals surface area contributed by atoms with Crippen LogP contribution in [0.2, 0.25) is 0 Å². The largest absolute Gasteiger partial charge is 0.480 e. The van der Waals surface area contributed by atoms with Gasteiger partial charge in [-0.2, -0.15) is 0 Å². The Morgan fingerprint density at radius 2 is 1.85 bits per heavy atom. The van der Waals surface area contributed by atoms with E-state index in [1.165, 1.54) is 12.4 Å². The molecule has 2 N–H and O–H groups in total. The molecule has 0 aromatic carbocycles. The smallest absolute Gasteiger partial charge is 0.424 e. The van der Waals surface area contributed by atoms with E-state index in [2.05, 4.69) is 5.92 Å². The van der Waals surface area contributed by atoms with Gasteiger partial charge in [-0.05, 0) is 19.3 Å². The summed E-state index contributed by atoms with van der Waals surface area (Å²) in [5, 5.41) is 16.9. The van der Waals surface area contributed by atoms with Crippen LogP contribution in [0.25, 0.3) is 0 Å². The summed E-state index contributed by atoms with van der Waals surface area (Å²) in [6.07, 6.45) is 13.2. The van der Waals surface area contributed by atoms with E-state index < -0.39 is 7.12 Å². The van der Waals surface area contributed by atoms with E-state index in [0.717, 1.165) is 32.1 Å². The molecule has 0 saturated heterocycles. The molecular formula is C10H17BO2. The first kappa shape index (κ1) is 12.3. The monoisotopic (exact) mass is 180 g/mol. The standard InChI is InChI=1S/C10H17BO2/c1-2-3-4-5-6-7-8-9-10-11(12)13/h1,9-10,12-13H,3-8H2/b10-9+. The van der Waals surface area contributed by atoms with Gasteiger partial charge in [0, 0.05) is 6.42 Å². The number of unbranched alkanes of at least 4 members (excludes halogenated alkanes) is 5. The average molecular weight is 180 g/mol. The van der Waals surface area contributed by atoms with Crippen LogP contribution in [0.15, 0.2) is 12.1 Å². The molecule has 0 heterocycles. The molecule has 3 heteroatoms. The fourth-order valence-electron chi connectivity index (χ4n) is 1.06. The molecule has 72 valence electrons. The molecule has 0 bridgehead atoms. The third-order valence-electron chi connectivity index (χ3n) is 1.75. The van der Waals surface area contributed by atoms with E-state index in [-0.39, 0.29) is 0 Å². The van der Waals surface area contributed by atoms with Crippen LogP contribution in [0.1, 0.15) is 38.5 Å². The minimum Gasteiger partial charge on any atom is -0.424 e. The summed E-state index contributed by atoms with van der Waals surface area (Å²) in [7, 11) is -1.30. The van der Waals surface area contributed by atoms with Crippen molar-refractivity contribution in [3.63, 3.8) is 0 Å². The van der Waals surface area contributed by atoms with E-state index in [4.69, 9.17) is 16.5 Å². The zero-order valence-electron chi connectivity index (χ0n) is 7.95. The Balaban J connectivity index is 3.04. The highest BCUT2D eigenvalue weighted by molar-refractivity contribution is 6.47. The van der Waals surface area contributed by atoms with Gasteiger partial charge < -0.3 is 10.0 Å². The van der Waals surface area contributed by atoms with Gasteiger partial charge in [-0.3, -0.25) is 0 Å². The lowest BCUT2D eigenvalue weighted by atomic mass is 9.91. The Bertz CT molecular complexity index is 170. The Labute approximate surface area is 80.8 Å². The van der Waals surface area contributed by atoms with Crippen LogP contribution in [0.3, 0.4) is 0 Å². The first-order chi connectivity index (χ1) is 6.27. The topological polar surface area (TPSA) is 40.5 Å². The Morgan fingerprint density at radius 3 is 2.46 bits per heavy atom. The van der Waals surface area contributed by atoms with Gasteiger partial charge in [0.15, 0.2) is 0 Å². The number of hydrogen-bond donors (Lipinski definition) is 2. The highest BCUT2D eigenvalue weighted by atomic mass is 16.4. The molecule has 0 aliphatic heterocycles. The van der Waals surface area contributed by atoms with Gasteiger partial charge in [-0.15, -0.1) is 12.3 Å². The third-order valence-corrected chi connectivity index (χ3v) is 1.75. The minimum absolute atomic E-state index is 0.866. The van der Waals surface area contributed by atoms with Crippen LogP contribution < -0.4 is 0 Å². The molecule has 0 radical (unpaired) electrons. The van der Waals surface area contributed by atoms with Gasteiger partial charge in [-0.25, -0.2) is 0 Å². The predicted molar refractivity (Wildman–Crippen MR) is 55.9 cm³/mol. The van der Waals surface area contributed by atoms with E-state index in [1.807, 2.05) is 0 Å². The van der Waals surface area contributed by atoms with Crippen molar-refractivity contribution in [3.8, 4) is 12.3 Å². The molecule has 0 atom stereocenters. The predicted octanol–water partition coefficient (Wildman–Crippen LogP) is 1.53. The number of rotatable bonds is 7. The molecule has 0 spiro atoms. The van der Waals surface area contributed by atoms with Gasteiger partial charge in [0.2, 0.25) is 0 Å². The molecule has 0 aliphatic rings. The highest BCUT2D eigenvalue weighted by Gasteiger charge is 1.96. The maximum atomic E-state index is 8.47. The lowest BCUT2D eigenvalue weighted by Gasteiger charge is -1.95. The van der Waals surface area contributed by atoms with Gasteiger partial charge in [0.1, 0.15) is 0 Å². The van der Waals surface area contributed by atoms with Crippen molar-refractivity contribution < 1.29 is 10.0 Å². The molecule has 0 rings (SSSR count). The normalized spacial score (nSPS) is 10.2. The lowest BCUT2D eigenvalue weighted by molar-refractivity contribution is 0.424. The zero-order chi connectivity index (χ0) is 9.94. The van der Waals surface area contributed by atoms with Crippen molar-refractivity contribution in [2.45, 2.75) is 38.5 Å². The molecule has 13 heavy (non-hydrogen) atoms. The lowest BCUT2D eigenvalue weighted by Crippen LogP contribution is -2.05. The summed E-state index contributed by atoms with van der Waals surface area (Å²) in [4.78, 5) is 0. The van der Waals surface area contributed by atoms with Gasteiger partial charge in [0.25, 0.3) is 0 Å². The van der Waals surface area contributed by atoms with Gasteiger partial charge >= 0.3 is 7.12 Å². The molecule has 0 unspecified atom stereocenters. The summed E-state index contributed by atoms with van der Waals surface area (Å²) >= 11 is 0. The van der Waals surface area contributed by atoms with Crippen molar-refractivity contribution in [2.75, 3.05) is 0 Å². The zero-order valence-corrected chi connectivity index (χ0v) is 7.95. The number of allylic oxidation sites excluding steroid dienone is 1. The van der Waals surface area contributed by atoms with E-state index >= 15 is 0 Å². The van der Waals surface area contributed by atoms with E-state index in [1.54, 1.807) is 6.08 Å². The van der Waals surface area contributed by atoms with Crippen molar-refractivity contribution in [1.82, 2.24) is 0 Å². The van der Waals surface area contributed by atoms with Crippen LogP contribution in [0.5, 0.6) is 0 Å². The van der Waals surface area contributed by atoms with Crippen LogP contribution >= 0.6 is 0 Å². The summed E-state index contributed by atoms with van der Waals surface area (Å²) in [5.41, 5.74) is 0. The van der Waals surface area contributed by atoms with Gasteiger partial charge in [-0.1, -0.05) is 24.9 Å². The molecule has 0 aromatic rings. The number of hydrogen-bond acceptors (Lipinski definition) is 2. The van der Waals surface area contributed by atoms with E-state index in [0.29, 0.717) is 0 Å². The van der Waals surface area contributed by atoms with Crippen LogP contribution in [-0.4, -0.2) is 17.2 Å². The Morgan fingerprint density at radius 1 is 1.15 bits per heavy atom. The first-order valence-electron chi connectivity index (χ1n) is 4.73. The van der Waals surface area contributed by atoms with E-state index in [9.17, 15) is 0 Å². The Hall–Kier alpha value is -0.715. The molecule has 0 aromatic heterocycles. The molecule has 0 aliphatic carbocycles. The summed E-state index contributed by atoms with van der Waals surface area (Å²) < 4.78 is 0. The van der Waals surface area contributed by atoms with Crippen molar-refractivity contribution in [1.29, 1.82) is 0 Å². The molecule has 0 amide bonds. The molecule has 0 saturated carbocycles. The number of terminal acetylenes is 1. The fourth-order valence-corrected chi connectivity index (χ4v) is 1.06. The maximum absolute atomic E-state index is 8.47. The Kier molecular flexibility index (Phi) is 8.86. The quantitative estimate of drug-likeness (QED) is 0.354. The highest BCUT2D eigenvalue weighted by Crippen LogP contribution is 2.05. The second-order valence-corrected chi connectivity index (χ2v) is 3.00. The molecule has 0 fully saturated rings. The van der Waals surface area contributed by atoms with Crippen LogP contribution in [0, 0.1) is 12.3 Å². The van der Waals surface area contributed by atoms with Crippen molar-refractivity contribution in [3.05, 3.63) is 12.1 Å². The van der Waals surface area contributed by atoms with Crippen molar-refractivity contribution >= 4 is 7.12 Å². The summed E-state index contributed by atoms with van der Waals surface area (Å²) in [6.45, 7) is 0. The fraction of sp³-hybridized carbons (Fsp3) is 0.600. The molecular weight excluding hydrogens is 163 g/mol. The van der Waals surface area contributed by atoms with Gasteiger partial charge in [0.05, 0.1) is 0 Å². The average Bonchev–Trinajstić information content (AvgIpc) is 2.09. The second-order valence-electron chi connectivity index (χ2n) is 3.00. The minimum atomic E-state index is -1.30. The molecule has 2 nitrogen and oxygen atoms in total. The summed E-state index contributed by atoms with van der Waals surface area (Å²) in [6, 6.07) is 0. The van der Waals surface area contributed by atoms with Crippen LogP contribution in [0.4, 0.5) is 0 Å². The first-order valence-corrected chi connectivity index (χ1v) is 4.73. The SMILES string of the molecule is C#CCCCCCC/C=C/B(O)O. The van der Waals surface area contributed by atoms with Crippen LogP contribution in [-0.2, 0) is 0 Å². The maximum Gasteiger partial charge on any atom is 0.480 e. The van der Waals surface area contributed by atoms with Crippen molar-refractivity contribution in [2.24, 2.45) is 0 Å². The third kappa shape index (κ3) is 11.3.